The van der Waals surface area contributed by atoms with Gasteiger partial charge in [0.05, 0.1) is 0 Å². The molecule has 2 nitrogen and oxygen atoms in total. The topological polar surface area (TPSA) is 15.3 Å². The molecule has 0 aromatic carbocycles. The Bertz CT molecular complexity index is 336. The van der Waals surface area contributed by atoms with E-state index in [9.17, 15) is 0 Å². The van der Waals surface area contributed by atoms with Crippen molar-refractivity contribution in [3.05, 3.63) is 11.6 Å². The van der Waals surface area contributed by atoms with Gasteiger partial charge in [-0.1, -0.05) is 18.1 Å². The van der Waals surface area contributed by atoms with E-state index in [-0.39, 0.29) is 0 Å². The second kappa shape index (κ2) is 4.10. The molecule has 3 aliphatic heterocycles. The maximum absolute atomic E-state index is 3.78. The normalized spacial score (nSPS) is 45.8. The average Bonchev–Trinajstić information content (AvgIpc) is 2.39. The molecule has 0 saturated carbocycles. The van der Waals surface area contributed by atoms with Crippen LogP contribution in [-0.2, 0) is 0 Å². The van der Waals surface area contributed by atoms with Gasteiger partial charge in [0.1, 0.15) is 0 Å². The molecule has 1 N–H and O–H groups in total. The zero-order chi connectivity index (χ0) is 11.2. The Balaban J connectivity index is 1.64. The Morgan fingerprint density at radius 3 is 3.24 bits per heavy atom. The summed E-state index contributed by atoms with van der Waals surface area (Å²) in [4.78, 5) is 2.81. The fourth-order valence-corrected chi connectivity index (χ4v) is 4.80. The summed E-state index contributed by atoms with van der Waals surface area (Å²) >= 11 is 0. The Morgan fingerprint density at radius 1 is 1.24 bits per heavy atom. The van der Waals surface area contributed by atoms with Crippen LogP contribution < -0.4 is 5.32 Å². The highest BCUT2D eigenvalue weighted by Gasteiger charge is 2.43. The van der Waals surface area contributed by atoms with Crippen molar-refractivity contribution >= 4 is 0 Å². The molecule has 3 fully saturated rings. The van der Waals surface area contributed by atoms with E-state index in [1.165, 1.54) is 58.2 Å². The van der Waals surface area contributed by atoms with Crippen LogP contribution in [0.15, 0.2) is 11.6 Å². The van der Waals surface area contributed by atoms with Crippen LogP contribution >= 0.6 is 0 Å². The van der Waals surface area contributed by atoms with Gasteiger partial charge in [-0.2, -0.15) is 0 Å². The second-order valence-electron chi connectivity index (χ2n) is 6.49. The zero-order valence-electron chi connectivity index (χ0n) is 10.7. The maximum atomic E-state index is 3.78. The van der Waals surface area contributed by atoms with E-state index < -0.39 is 0 Å². The summed E-state index contributed by atoms with van der Waals surface area (Å²) in [6.07, 6.45) is 11.2. The predicted molar refractivity (Wildman–Crippen MR) is 69.9 cm³/mol. The largest absolute Gasteiger partial charge is 0.310 e. The van der Waals surface area contributed by atoms with Gasteiger partial charge in [-0.05, 0) is 57.0 Å². The van der Waals surface area contributed by atoms with E-state index in [0.717, 1.165) is 23.9 Å². The maximum Gasteiger partial charge on any atom is 0.0320 e. The average molecular weight is 232 g/mol. The van der Waals surface area contributed by atoms with Crippen LogP contribution in [0.3, 0.4) is 0 Å². The molecule has 0 aromatic heterocycles. The number of rotatable bonds is 0. The zero-order valence-corrected chi connectivity index (χ0v) is 10.7. The molecule has 4 rings (SSSR count). The smallest absolute Gasteiger partial charge is 0.0320 e. The van der Waals surface area contributed by atoms with Crippen molar-refractivity contribution in [2.45, 2.75) is 50.6 Å². The summed E-state index contributed by atoms with van der Waals surface area (Å²) < 4.78 is 0. The van der Waals surface area contributed by atoms with Gasteiger partial charge in [-0.25, -0.2) is 0 Å². The molecule has 2 heteroatoms. The van der Waals surface area contributed by atoms with Crippen LogP contribution in [0.4, 0.5) is 0 Å². The summed E-state index contributed by atoms with van der Waals surface area (Å²) in [6.45, 7) is 3.98. The first-order valence-corrected chi connectivity index (χ1v) is 7.60. The Morgan fingerprint density at radius 2 is 2.24 bits per heavy atom. The van der Waals surface area contributed by atoms with E-state index >= 15 is 0 Å². The van der Waals surface area contributed by atoms with Crippen molar-refractivity contribution in [3.63, 3.8) is 0 Å². The van der Waals surface area contributed by atoms with Crippen LogP contribution in [0, 0.1) is 11.8 Å². The third-order valence-corrected chi connectivity index (χ3v) is 5.51. The molecule has 3 heterocycles. The van der Waals surface area contributed by atoms with Crippen molar-refractivity contribution in [3.8, 4) is 0 Å². The standard InChI is InChI=1S/C15H24N2/c1-2-7-17-10-13-9-12(14(17)5-1)8-11-4-3-6-16-15(11)13/h8,12-16H,1-7,9-10H2/t12-,13+,14-,15+/m1/s1. The fraction of sp³-hybridized carbons (Fsp3) is 0.867. The first-order chi connectivity index (χ1) is 8.42. The van der Waals surface area contributed by atoms with Gasteiger partial charge < -0.3 is 5.32 Å². The highest BCUT2D eigenvalue weighted by molar-refractivity contribution is 5.23. The Kier molecular flexibility index (Phi) is 2.55. The second-order valence-corrected chi connectivity index (χ2v) is 6.49. The first kappa shape index (κ1) is 10.6. The van der Waals surface area contributed by atoms with E-state index in [4.69, 9.17) is 0 Å². The first-order valence-electron chi connectivity index (χ1n) is 7.60. The van der Waals surface area contributed by atoms with Crippen LogP contribution in [0.25, 0.3) is 0 Å². The summed E-state index contributed by atoms with van der Waals surface area (Å²) in [6, 6.07) is 1.64. The number of fused-ring (bicyclic) bond motifs is 6. The fourth-order valence-electron chi connectivity index (χ4n) is 4.80. The molecule has 17 heavy (non-hydrogen) atoms. The predicted octanol–water partition coefficient (Wildman–Crippen LogP) is 2.17. The number of hydrogen-bond donors (Lipinski definition) is 1. The lowest BCUT2D eigenvalue weighted by Crippen LogP contribution is -2.58. The molecule has 0 aromatic rings. The summed E-state index contributed by atoms with van der Waals surface area (Å²) in [5.41, 5.74) is 1.77. The Labute approximate surface area is 104 Å². The third kappa shape index (κ3) is 1.68. The molecule has 94 valence electrons. The summed E-state index contributed by atoms with van der Waals surface area (Å²) in [5.74, 6) is 1.80. The van der Waals surface area contributed by atoms with Gasteiger partial charge in [0.25, 0.3) is 0 Å². The van der Waals surface area contributed by atoms with E-state index in [1.807, 2.05) is 0 Å². The minimum absolute atomic E-state index is 0.739. The highest BCUT2D eigenvalue weighted by Crippen LogP contribution is 2.42. The number of piperidine rings is 3. The molecule has 3 saturated heterocycles. The summed E-state index contributed by atoms with van der Waals surface area (Å²) in [7, 11) is 0. The number of hydrogen-bond acceptors (Lipinski definition) is 2. The molecule has 0 unspecified atom stereocenters. The van der Waals surface area contributed by atoms with Crippen LogP contribution in [-0.4, -0.2) is 36.6 Å². The van der Waals surface area contributed by atoms with Crippen LogP contribution in [0.2, 0.25) is 0 Å². The van der Waals surface area contributed by atoms with Gasteiger partial charge in [0.2, 0.25) is 0 Å². The number of nitrogens with one attached hydrogen (secondary N) is 1. The van der Waals surface area contributed by atoms with E-state index in [1.54, 1.807) is 5.57 Å². The molecule has 4 atom stereocenters. The van der Waals surface area contributed by atoms with Crippen molar-refractivity contribution in [1.82, 2.24) is 10.2 Å². The van der Waals surface area contributed by atoms with Crippen molar-refractivity contribution < 1.29 is 0 Å². The van der Waals surface area contributed by atoms with Crippen LogP contribution in [0.1, 0.15) is 38.5 Å². The number of nitrogens with zero attached hydrogens (tertiary/aromatic N) is 1. The Hall–Kier alpha value is -0.340. The highest BCUT2D eigenvalue weighted by atomic mass is 15.2. The van der Waals surface area contributed by atoms with Crippen molar-refractivity contribution in [2.24, 2.45) is 11.8 Å². The monoisotopic (exact) mass is 232 g/mol. The lowest BCUT2D eigenvalue weighted by molar-refractivity contribution is 0.0271. The molecule has 4 aliphatic rings. The molecule has 0 spiro atoms. The molecule has 0 amide bonds. The molecular formula is C15H24N2. The molecular weight excluding hydrogens is 208 g/mol. The summed E-state index contributed by atoms with van der Waals surface area (Å²) in [5, 5.41) is 3.78. The quantitative estimate of drug-likeness (QED) is 0.644. The lowest BCUT2D eigenvalue weighted by Gasteiger charge is -2.52. The van der Waals surface area contributed by atoms with Gasteiger partial charge in [0, 0.05) is 18.6 Å². The molecule has 1 aliphatic carbocycles. The van der Waals surface area contributed by atoms with Crippen molar-refractivity contribution in [2.75, 3.05) is 19.6 Å². The van der Waals surface area contributed by atoms with Gasteiger partial charge in [0.15, 0.2) is 0 Å². The van der Waals surface area contributed by atoms with Crippen molar-refractivity contribution in [1.29, 1.82) is 0 Å². The minimum atomic E-state index is 0.739. The van der Waals surface area contributed by atoms with Gasteiger partial charge >= 0.3 is 0 Å². The van der Waals surface area contributed by atoms with Gasteiger partial charge in [-0.3, -0.25) is 4.90 Å². The lowest BCUT2D eigenvalue weighted by atomic mass is 9.68. The SMILES string of the molecule is C1=C2CCCN[C@@H]2[C@H]2C[C@@H]1[C@H]1CCCCN1C2. The van der Waals surface area contributed by atoms with E-state index in [2.05, 4.69) is 16.3 Å². The molecule has 0 radical (unpaired) electrons. The van der Waals surface area contributed by atoms with Gasteiger partial charge in [-0.15, -0.1) is 0 Å². The third-order valence-electron chi connectivity index (χ3n) is 5.51. The van der Waals surface area contributed by atoms with E-state index in [0.29, 0.717) is 0 Å². The molecule has 2 bridgehead atoms. The van der Waals surface area contributed by atoms with Crippen LogP contribution in [0.5, 0.6) is 0 Å². The minimum Gasteiger partial charge on any atom is -0.310 e.